The van der Waals surface area contributed by atoms with Crippen LogP contribution in [0.25, 0.3) is 10.1 Å². The van der Waals surface area contributed by atoms with Gasteiger partial charge in [0.1, 0.15) is 0 Å². The van der Waals surface area contributed by atoms with Gasteiger partial charge in [-0.05, 0) is 18.9 Å². The number of benzene rings is 1. The number of carbonyl (C=O) groups is 1. The van der Waals surface area contributed by atoms with Crippen LogP contribution in [0.3, 0.4) is 0 Å². The van der Waals surface area contributed by atoms with Gasteiger partial charge in [-0.2, -0.15) is 0 Å². The molecule has 1 aromatic heterocycles. The monoisotopic (exact) mass is 351 g/mol. The molecule has 106 valence electrons. The Kier molecular flexibility index (Phi) is 4.41. The van der Waals surface area contributed by atoms with Gasteiger partial charge in [0.2, 0.25) is 0 Å². The van der Waals surface area contributed by atoms with Crippen LogP contribution in [0.4, 0.5) is 0 Å². The van der Waals surface area contributed by atoms with Crippen molar-refractivity contribution in [1.29, 1.82) is 0 Å². The summed E-state index contributed by atoms with van der Waals surface area (Å²) in [4.78, 5) is 15.0. The van der Waals surface area contributed by atoms with Gasteiger partial charge in [-0.25, -0.2) is 0 Å². The van der Waals surface area contributed by atoms with E-state index in [-0.39, 0.29) is 5.91 Å². The predicted octanol–water partition coefficient (Wildman–Crippen LogP) is 4.68. The number of likely N-dealkylation sites (tertiary alicyclic amines) is 1. The number of hydrogen-bond donors (Lipinski definition) is 0. The van der Waals surface area contributed by atoms with Gasteiger partial charge in [0.05, 0.1) is 5.56 Å². The first kappa shape index (κ1) is 14.1. The van der Waals surface area contributed by atoms with E-state index in [9.17, 15) is 4.79 Å². The number of hydrogen-bond acceptors (Lipinski definition) is 2. The first-order valence-electron chi connectivity index (χ1n) is 7.14. The predicted molar refractivity (Wildman–Crippen MR) is 88.9 cm³/mol. The van der Waals surface area contributed by atoms with Crippen molar-refractivity contribution in [2.24, 2.45) is 0 Å². The van der Waals surface area contributed by atoms with E-state index in [1.165, 1.54) is 17.5 Å². The third-order valence-corrected chi connectivity index (χ3v) is 5.74. The van der Waals surface area contributed by atoms with Gasteiger partial charge in [-0.1, -0.05) is 47.0 Å². The van der Waals surface area contributed by atoms with Gasteiger partial charge in [-0.15, -0.1) is 11.3 Å². The fraction of sp³-hybridized carbons (Fsp3) is 0.438. The summed E-state index contributed by atoms with van der Waals surface area (Å²) in [5, 5.41) is 3.99. The molecule has 2 heterocycles. The number of rotatable bonds is 2. The topological polar surface area (TPSA) is 20.3 Å². The normalized spacial score (nSPS) is 20.1. The lowest BCUT2D eigenvalue weighted by atomic mass is 10.1. The second-order valence-corrected chi connectivity index (χ2v) is 6.86. The molecule has 1 amide bonds. The van der Waals surface area contributed by atoms with E-state index in [4.69, 9.17) is 0 Å². The maximum atomic E-state index is 12.9. The number of amides is 1. The van der Waals surface area contributed by atoms with Gasteiger partial charge in [0, 0.05) is 33.4 Å². The molecule has 1 atom stereocenters. The molecule has 0 spiro atoms. The number of fused-ring (bicyclic) bond motifs is 1. The maximum absolute atomic E-state index is 12.9. The molecule has 1 fully saturated rings. The summed E-state index contributed by atoms with van der Waals surface area (Å²) in [6.07, 6.45) is 4.69. The molecule has 0 bridgehead atoms. The van der Waals surface area contributed by atoms with Crippen LogP contribution in [0, 0.1) is 0 Å². The van der Waals surface area contributed by atoms with Crippen LogP contribution in [0.1, 0.15) is 36.0 Å². The lowest BCUT2D eigenvalue weighted by Gasteiger charge is -2.28. The van der Waals surface area contributed by atoms with Crippen molar-refractivity contribution in [3.05, 3.63) is 35.2 Å². The zero-order valence-corrected chi connectivity index (χ0v) is 13.8. The van der Waals surface area contributed by atoms with Crippen LogP contribution < -0.4 is 0 Å². The molecule has 20 heavy (non-hydrogen) atoms. The highest BCUT2D eigenvalue weighted by molar-refractivity contribution is 9.09. The Labute approximate surface area is 131 Å². The van der Waals surface area contributed by atoms with Crippen LogP contribution in [0.5, 0.6) is 0 Å². The summed E-state index contributed by atoms with van der Waals surface area (Å²) < 4.78 is 1.20. The highest BCUT2D eigenvalue weighted by atomic mass is 79.9. The van der Waals surface area contributed by atoms with Gasteiger partial charge in [0.25, 0.3) is 5.91 Å². The Hall–Kier alpha value is -0.870. The summed E-state index contributed by atoms with van der Waals surface area (Å²) in [5.41, 5.74) is 0.874. The van der Waals surface area contributed by atoms with Crippen molar-refractivity contribution in [1.82, 2.24) is 4.90 Å². The maximum Gasteiger partial charge on any atom is 0.255 e. The summed E-state index contributed by atoms with van der Waals surface area (Å²) >= 11 is 5.24. The van der Waals surface area contributed by atoms with Crippen molar-refractivity contribution in [2.45, 2.75) is 31.7 Å². The van der Waals surface area contributed by atoms with Crippen LogP contribution in [0.2, 0.25) is 0 Å². The third kappa shape index (κ3) is 2.63. The number of thiophene rings is 1. The van der Waals surface area contributed by atoms with Crippen molar-refractivity contribution < 1.29 is 4.79 Å². The largest absolute Gasteiger partial charge is 0.335 e. The molecule has 0 saturated carbocycles. The molecule has 0 N–H and O–H groups in total. The van der Waals surface area contributed by atoms with Crippen molar-refractivity contribution in [3.8, 4) is 0 Å². The standard InChI is InChI=1S/C16H18BrNOS/c17-10-12-6-2-1-5-9-18(12)16(19)14-11-20-15-8-4-3-7-13(14)15/h3-4,7-8,11-12H,1-2,5-6,9-10H2. The average Bonchev–Trinajstić information content (AvgIpc) is 2.76. The van der Waals surface area contributed by atoms with Crippen LogP contribution >= 0.6 is 27.3 Å². The molecule has 4 heteroatoms. The number of alkyl halides is 1. The van der Waals surface area contributed by atoms with Crippen LogP contribution in [-0.2, 0) is 0 Å². The minimum Gasteiger partial charge on any atom is -0.335 e. The first-order chi connectivity index (χ1) is 9.81. The summed E-state index contributed by atoms with van der Waals surface area (Å²) in [6.45, 7) is 0.888. The molecule has 0 aliphatic carbocycles. The highest BCUT2D eigenvalue weighted by Gasteiger charge is 2.26. The van der Waals surface area contributed by atoms with Crippen LogP contribution in [0.15, 0.2) is 29.6 Å². The van der Waals surface area contributed by atoms with Crippen LogP contribution in [-0.4, -0.2) is 28.7 Å². The van der Waals surface area contributed by atoms with E-state index < -0.39 is 0 Å². The summed E-state index contributed by atoms with van der Waals surface area (Å²) in [6, 6.07) is 8.52. The Balaban J connectivity index is 1.94. The smallest absolute Gasteiger partial charge is 0.255 e. The Morgan fingerprint density at radius 3 is 3.00 bits per heavy atom. The van der Waals surface area contributed by atoms with E-state index in [0.717, 1.165) is 35.7 Å². The number of carbonyl (C=O) groups excluding carboxylic acids is 1. The summed E-state index contributed by atoms with van der Waals surface area (Å²) in [7, 11) is 0. The van der Waals surface area contributed by atoms with Crippen molar-refractivity contribution in [2.75, 3.05) is 11.9 Å². The molecule has 1 aliphatic heterocycles. The fourth-order valence-electron chi connectivity index (χ4n) is 2.90. The molecule has 1 unspecified atom stereocenters. The fourth-order valence-corrected chi connectivity index (χ4v) is 4.51. The van der Waals surface area contributed by atoms with E-state index in [1.807, 2.05) is 17.5 Å². The van der Waals surface area contributed by atoms with Crippen molar-refractivity contribution in [3.63, 3.8) is 0 Å². The number of nitrogens with zero attached hydrogens (tertiary/aromatic N) is 1. The minimum absolute atomic E-state index is 0.203. The van der Waals surface area contributed by atoms with E-state index >= 15 is 0 Å². The SMILES string of the molecule is O=C(c1csc2ccccc12)N1CCCCCC1CBr. The Morgan fingerprint density at radius 2 is 2.15 bits per heavy atom. The van der Waals surface area contributed by atoms with E-state index in [2.05, 4.69) is 33.0 Å². The van der Waals surface area contributed by atoms with Gasteiger partial charge in [0.15, 0.2) is 0 Å². The molecule has 2 aromatic rings. The Bertz CT molecular complexity index is 609. The second-order valence-electron chi connectivity index (χ2n) is 5.30. The minimum atomic E-state index is 0.203. The third-order valence-electron chi connectivity index (χ3n) is 4.03. The summed E-state index contributed by atoms with van der Waals surface area (Å²) in [5.74, 6) is 0.203. The molecular formula is C16H18BrNOS. The second kappa shape index (κ2) is 6.27. The molecule has 1 saturated heterocycles. The van der Waals surface area contributed by atoms with E-state index in [1.54, 1.807) is 11.3 Å². The first-order valence-corrected chi connectivity index (χ1v) is 9.14. The van der Waals surface area contributed by atoms with E-state index in [0.29, 0.717) is 6.04 Å². The van der Waals surface area contributed by atoms with Gasteiger partial charge >= 0.3 is 0 Å². The zero-order chi connectivity index (χ0) is 13.9. The molecule has 2 nitrogen and oxygen atoms in total. The van der Waals surface area contributed by atoms with Gasteiger partial charge < -0.3 is 4.90 Å². The van der Waals surface area contributed by atoms with Crippen molar-refractivity contribution >= 4 is 43.3 Å². The lowest BCUT2D eigenvalue weighted by Crippen LogP contribution is -2.40. The quantitative estimate of drug-likeness (QED) is 0.719. The molecular weight excluding hydrogens is 334 g/mol. The zero-order valence-electron chi connectivity index (χ0n) is 11.3. The molecule has 0 radical (unpaired) electrons. The highest BCUT2D eigenvalue weighted by Crippen LogP contribution is 2.29. The number of halogens is 1. The molecule has 1 aliphatic rings. The molecule has 1 aromatic carbocycles. The lowest BCUT2D eigenvalue weighted by molar-refractivity contribution is 0.0705. The average molecular weight is 352 g/mol. The Morgan fingerprint density at radius 1 is 1.30 bits per heavy atom. The molecule has 3 rings (SSSR count). The van der Waals surface area contributed by atoms with Gasteiger partial charge in [-0.3, -0.25) is 4.79 Å².